The first-order valence-electron chi connectivity index (χ1n) is 6.21. The molecule has 1 aliphatic heterocycles. The van der Waals surface area contributed by atoms with Crippen LogP contribution in [0.3, 0.4) is 0 Å². The summed E-state index contributed by atoms with van der Waals surface area (Å²) in [7, 11) is 0. The summed E-state index contributed by atoms with van der Waals surface area (Å²) in [5.41, 5.74) is 1.95. The van der Waals surface area contributed by atoms with Crippen LogP contribution in [0.2, 0.25) is 0 Å². The van der Waals surface area contributed by atoms with E-state index in [1.165, 1.54) is 0 Å². The molecule has 19 heavy (non-hydrogen) atoms. The van der Waals surface area contributed by atoms with Crippen molar-refractivity contribution in [3.8, 4) is 11.4 Å². The normalized spacial score (nSPS) is 18.1. The van der Waals surface area contributed by atoms with Crippen molar-refractivity contribution < 1.29 is 9.90 Å². The molecule has 0 saturated carbocycles. The summed E-state index contributed by atoms with van der Waals surface area (Å²) in [4.78, 5) is 15.8. The third-order valence-corrected chi connectivity index (χ3v) is 3.96. The van der Waals surface area contributed by atoms with Gasteiger partial charge < -0.3 is 9.67 Å². The first kappa shape index (κ1) is 12.4. The lowest BCUT2D eigenvalue weighted by Gasteiger charge is -2.24. The average molecular weight is 321 g/mol. The molecule has 0 amide bonds. The Morgan fingerprint density at radius 2 is 2.32 bits per heavy atom. The highest BCUT2D eigenvalue weighted by atomic mass is 79.9. The second kappa shape index (κ2) is 4.81. The van der Waals surface area contributed by atoms with Gasteiger partial charge in [0.25, 0.3) is 0 Å². The molecule has 3 rings (SSSR count). The molecule has 0 spiro atoms. The number of carbonyl (C=O) groups is 1. The molecule has 1 aliphatic rings. The number of aromatic nitrogens is 2. The van der Waals surface area contributed by atoms with E-state index in [4.69, 9.17) is 0 Å². The number of fused-ring (bicyclic) bond motifs is 1. The monoisotopic (exact) mass is 320 g/mol. The first-order chi connectivity index (χ1) is 9.16. The zero-order valence-electron chi connectivity index (χ0n) is 10.2. The van der Waals surface area contributed by atoms with Crippen LogP contribution in [0, 0.1) is 0 Å². The Hall–Kier alpha value is -1.62. The van der Waals surface area contributed by atoms with Crippen LogP contribution >= 0.6 is 15.9 Å². The third-order valence-electron chi connectivity index (χ3n) is 3.46. The van der Waals surface area contributed by atoms with Crippen LogP contribution in [-0.2, 0) is 11.2 Å². The summed E-state index contributed by atoms with van der Waals surface area (Å²) in [6.07, 6.45) is 4.26. The number of benzene rings is 1. The number of nitrogens with zero attached hydrogens (tertiary/aromatic N) is 2. The fourth-order valence-corrected chi connectivity index (χ4v) is 3.01. The maximum Gasteiger partial charge on any atom is 0.326 e. The molecule has 0 radical (unpaired) electrons. The quantitative estimate of drug-likeness (QED) is 0.923. The van der Waals surface area contributed by atoms with E-state index in [0.29, 0.717) is 6.42 Å². The fourth-order valence-electron chi connectivity index (χ4n) is 2.61. The van der Waals surface area contributed by atoms with Gasteiger partial charge in [-0.15, -0.1) is 0 Å². The second-order valence-electron chi connectivity index (χ2n) is 4.70. The minimum Gasteiger partial charge on any atom is -0.480 e. The first-order valence-corrected chi connectivity index (χ1v) is 7.01. The van der Waals surface area contributed by atoms with Crippen molar-refractivity contribution in [3.63, 3.8) is 0 Å². The zero-order chi connectivity index (χ0) is 13.4. The molecule has 5 heteroatoms. The van der Waals surface area contributed by atoms with Gasteiger partial charge in [-0.1, -0.05) is 28.1 Å². The van der Waals surface area contributed by atoms with Crippen molar-refractivity contribution in [1.29, 1.82) is 0 Å². The number of hydrogen-bond acceptors (Lipinski definition) is 2. The van der Waals surface area contributed by atoms with Crippen molar-refractivity contribution in [2.75, 3.05) is 0 Å². The topological polar surface area (TPSA) is 55.1 Å². The Bertz CT molecular complexity index is 636. The van der Waals surface area contributed by atoms with Crippen LogP contribution in [0.25, 0.3) is 11.4 Å². The minimum absolute atomic E-state index is 0.500. The smallest absolute Gasteiger partial charge is 0.326 e. The van der Waals surface area contributed by atoms with E-state index in [-0.39, 0.29) is 0 Å². The number of rotatable bonds is 2. The summed E-state index contributed by atoms with van der Waals surface area (Å²) in [5, 5.41) is 9.37. The summed E-state index contributed by atoms with van der Waals surface area (Å²) >= 11 is 3.43. The van der Waals surface area contributed by atoms with Crippen LogP contribution < -0.4 is 0 Å². The van der Waals surface area contributed by atoms with Crippen molar-refractivity contribution in [2.45, 2.75) is 25.3 Å². The predicted molar refractivity (Wildman–Crippen MR) is 75.0 cm³/mol. The van der Waals surface area contributed by atoms with Crippen LogP contribution in [0.5, 0.6) is 0 Å². The highest BCUT2D eigenvalue weighted by molar-refractivity contribution is 9.10. The van der Waals surface area contributed by atoms with Gasteiger partial charge in [-0.3, -0.25) is 0 Å². The van der Waals surface area contributed by atoms with E-state index in [0.717, 1.165) is 34.4 Å². The van der Waals surface area contributed by atoms with Crippen molar-refractivity contribution in [1.82, 2.24) is 9.55 Å². The maximum atomic E-state index is 11.4. The SMILES string of the molecule is O=C(O)C1CCCc2cnc(-c3cccc(Br)c3)n21. The molecule has 2 heterocycles. The molecular weight excluding hydrogens is 308 g/mol. The Kier molecular flexibility index (Phi) is 3.14. The number of hydrogen-bond donors (Lipinski definition) is 1. The van der Waals surface area contributed by atoms with Crippen LogP contribution in [0.4, 0.5) is 0 Å². The van der Waals surface area contributed by atoms with E-state index in [1.54, 1.807) is 6.20 Å². The van der Waals surface area contributed by atoms with Gasteiger partial charge in [-0.25, -0.2) is 9.78 Å². The lowest BCUT2D eigenvalue weighted by molar-refractivity contribution is -0.141. The Morgan fingerprint density at radius 3 is 3.05 bits per heavy atom. The summed E-state index contributed by atoms with van der Waals surface area (Å²) in [6.45, 7) is 0. The zero-order valence-corrected chi connectivity index (χ0v) is 11.8. The van der Waals surface area contributed by atoms with Gasteiger partial charge in [0.15, 0.2) is 0 Å². The molecule has 2 aromatic rings. The molecule has 1 aromatic heterocycles. The Morgan fingerprint density at radius 1 is 1.47 bits per heavy atom. The number of aryl methyl sites for hydroxylation is 1. The van der Waals surface area contributed by atoms with E-state index in [9.17, 15) is 9.90 Å². The van der Waals surface area contributed by atoms with Gasteiger partial charge in [-0.05, 0) is 31.4 Å². The molecule has 98 valence electrons. The van der Waals surface area contributed by atoms with Crippen LogP contribution in [0.1, 0.15) is 24.6 Å². The van der Waals surface area contributed by atoms with Crippen molar-refractivity contribution in [2.24, 2.45) is 0 Å². The Labute approximate surface area is 119 Å². The van der Waals surface area contributed by atoms with Gasteiger partial charge in [0.2, 0.25) is 0 Å². The lowest BCUT2D eigenvalue weighted by atomic mass is 10.0. The van der Waals surface area contributed by atoms with E-state index in [1.807, 2.05) is 28.8 Å². The molecule has 1 N–H and O–H groups in total. The highest BCUT2D eigenvalue weighted by Crippen LogP contribution is 2.32. The van der Waals surface area contributed by atoms with Gasteiger partial charge in [0.05, 0.1) is 0 Å². The number of carboxylic acids is 1. The molecule has 0 aliphatic carbocycles. The van der Waals surface area contributed by atoms with Crippen LogP contribution in [-0.4, -0.2) is 20.6 Å². The molecule has 1 unspecified atom stereocenters. The van der Waals surface area contributed by atoms with Gasteiger partial charge in [-0.2, -0.15) is 0 Å². The van der Waals surface area contributed by atoms with Crippen molar-refractivity contribution in [3.05, 3.63) is 40.6 Å². The molecule has 4 nitrogen and oxygen atoms in total. The minimum atomic E-state index is -0.782. The second-order valence-corrected chi connectivity index (χ2v) is 5.62. The number of halogens is 1. The molecule has 0 bridgehead atoms. The van der Waals surface area contributed by atoms with Gasteiger partial charge in [0, 0.05) is 21.9 Å². The number of aliphatic carboxylic acids is 1. The average Bonchev–Trinajstić information content (AvgIpc) is 2.82. The Balaban J connectivity index is 2.14. The largest absolute Gasteiger partial charge is 0.480 e. The van der Waals surface area contributed by atoms with Gasteiger partial charge in [0.1, 0.15) is 11.9 Å². The number of carboxylic acid groups (broad SMARTS) is 1. The maximum absolute atomic E-state index is 11.4. The van der Waals surface area contributed by atoms with E-state index >= 15 is 0 Å². The highest BCUT2D eigenvalue weighted by Gasteiger charge is 2.28. The molecule has 1 atom stereocenters. The lowest BCUT2D eigenvalue weighted by Crippen LogP contribution is -2.25. The summed E-state index contributed by atoms with van der Waals surface area (Å²) in [6, 6.07) is 7.29. The predicted octanol–water partition coefficient (Wildman–Crippen LogP) is 3.27. The number of imidazole rings is 1. The summed E-state index contributed by atoms with van der Waals surface area (Å²) in [5.74, 6) is -0.0430. The van der Waals surface area contributed by atoms with Crippen LogP contribution in [0.15, 0.2) is 34.9 Å². The molecule has 1 aromatic carbocycles. The van der Waals surface area contributed by atoms with E-state index < -0.39 is 12.0 Å². The fraction of sp³-hybridized carbons (Fsp3) is 0.286. The standard InChI is InChI=1S/C14H13BrN2O2/c15-10-4-1-3-9(7-10)13-16-8-11-5-2-6-12(14(18)19)17(11)13/h1,3-4,7-8,12H,2,5-6H2,(H,18,19). The molecule has 0 saturated heterocycles. The summed E-state index contributed by atoms with van der Waals surface area (Å²) < 4.78 is 2.83. The third kappa shape index (κ3) is 2.18. The molecule has 0 fully saturated rings. The van der Waals surface area contributed by atoms with Crippen molar-refractivity contribution >= 4 is 21.9 Å². The van der Waals surface area contributed by atoms with Gasteiger partial charge >= 0.3 is 5.97 Å². The van der Waals surface area contributed by atoms with E-state index in [2.05, 4.69) is 20.9 Å². The molecular formula is C14H13BrN2O2.